The van der Waals surface area contributed by atoms with E-state index in [4.69, 9.17) is 9.72 Å². The number of hydrogen-bond donors (Lipinski definition) is 2. The van der Waals surface area contributed by atoms with Gasteiger partial charge >= 0.3 is 0 Å². The quantitative estimate of drug-likeness (QED) is 0.410. The van der Waals surface area contributed by atoms with Crippen LogP contribution in [0.3, 0.4) is 0 Å². The van der Waals surface area contributed by atoms with Crippen molar-refractivity contribution >= 4 is 36.5 Å². The summed E-state index contributed by atoms with van der Waals surface area (Å²) in [5, 5.41) is 10.8. The fourth-order valence-corrected chi connectivity index (χ4v) is 4.43. The van der Waals surface area contributed by atoms with Crippen molar-refractivity contribution in [1.82, 2.24) is 34.6 Å². The zero-order chi connectivity index (χ0) is 23.5. The average molecular weight is 458 g/mol. The van der Waals surface area contributed by atoms with Crippen molar-refractivity contribution in [1.29, 1.82) is 0 Å². The van der Waals surface area contributed by atoms with E-state index in [9.17, 15) is 4.79 Å². The Hall–Kier alpha value is -3.89. The summed E-state index contributed by atoms with van der Waals surface area (Å²) in [6, 6.07) is 8.41. The molecule has 2 N–H and O–H groups in total. The molecule has 0 aliphatic heterocycles. The van der Waals surface area contributed by atoms with Crippen molar-refractivity contribution in [2.45, 2.75) is 44.7 Å². The second-order valence-electron chi connectivity index (χ2n) is 8.48. The summed E-state index contributed by atoms with van der Waals surface area (Å²) in [5.74, 6) is 1.34. The van der Waals surface area contributed by atoms with Gasteiger partial charge in [-0.05, 0) is 56.9 Å². The smallest absolute Gasteiger partial charge is 0.229 e. The predicted molar refractivity (Wildman–Crippen MR) is 132 cm³/mol. The number of imidazole rings is 1. The molecular weight excluding hydrogens is 431 g/mol. The van der Waals surface area contributed by atoms with Crippen LogP contribution < -0.4 is 15.4 Å². The van der Waals surface area contributed by atoms with Crippen LogP contribution >= 0.6 is 0 Å². The number of carbonyl (C=O) groups excluding carboxylic acids is 1. The Bertz CT molecular complexity index is 1280. The maximum Gasteiger partial charge on any atom is 0.229 e. The van der Waals surface area contributed by atoms with Gasteiger partial charge in [-0.3, -0.25) is 14.0 Å². The first-order valence-electron chi connectivity index (χ1n) is 11.6. The molecule has 1 aliphatic rings. The van der Waals surface area contributed by atoms with Crippen molar-refractivity contribution in [2.75, 3.05) is 11.9 Å². The molecular formula is C23H27BN8O2. The second kappa shape index (κ2) is 9.54. The van der Waals surface area contributed by atoms with Crippen molar-refractivity contribution in [3.63, 3.8) is 0 Å². The number of nitrogens with one attached hydrogen (secondary N) is 2. The van der Waals surface area contributed by atoms with E-state index in [-0.39, 0.29) is 11.8 Å². The minimum atomic E-state index is 0.0369. The highest BCUT2D eigenvalue weighted by Crippen LogP contribution is 2.29. The van der Waals surface area contributed by atoms with E-state index in [1.54, 1.807) is 26.6 Å². The van der Waals surface area contributed by atoms with Gasteiger partial charge < -0.3 is 15.4 Å². The minimum absolute atomic E-state index is 0.0369. The van der Waals surface area contributed by atoms with Gasteiger partial charge in [-0.1, -0.05) is 0 Å². The Balaban J connectivity index is 1.29. The number of ether oxygens (including phenoxy) is 1. The molecule has 174 valence electrons. The summed E-state index contributed by atoms with van der Waals surface area (Å²) in [7, 11) is 1.57. The number of carbonyl (C=O) groups is 1. The third-order valence-electron chi connectivity index (χ3n) is 6.05. The van der Waals surface area contributed by atoms with Crippen LogP contribution in [-0.2, 0) is 0 Å². The van der Waals surface area contributed by atoms with Gasteiger partial charge in [0.1, 0.15) is 17.6 Å². The Morgan fingerprint density at radius 3 is 2.68 bits per heavy atom. The third kappa shape index (κ3) is 4.73. The van der Waals surface area contributed by atoms with E-state index >= 15 is 0 Å². The third-order valence-corrected chi connectivity index (χ3v) is 6.05. The van der Waals surface area contributed by atoms with Crippen molar-refractivity contribution in [3.05, 3.63) is 49.2 Å². The van der Waals surface area contributed by atoms with E-state index in [2.05, 4.69) is 25.7 Å². The van der Waals surface area contributed by atoms with E-state index in [0.717, 1.165) is 42.8 Å². The van der Waals surface area contributed by atoms with Crippen molar-refractivity contribution in [2.24, 2.45) is 0 Å². The van der Waals surface area contributed by atoms with Gasteiger partial charge in [0.25, 0.3) is 0 Å². The zero-order valence-electron chi connectivity index (χ0n) is 19.3. The SMILES string of the molecule is BC(=O)NC1CCC(n2cc(Nc3ncc4ncn(-c5ccc(OCC)cc5)c4n3)cn2)CC1. The lowest BCUT2D eigenvalue weighted by atomic mass is 9.90. The van der Waals surface area contributed by atoms with E-state index in [0.29, 0.717) is 29.8 Å². The fourth-order valence-electron chi connectivity index (χ4n) is 4.43. The molecule has 1 amide bonds. The molecule has 3 heterocycles. The van der Waals surface area contributed by atoms with Crippen LogP contribution in [-0.4, -0.2) is 55.6 Å². The van der Waals surface area contributed by atoms with Crippen LogP contribution in [0.25, 0.3) is 16.9 Å². The maximum absolute atomic E-state index is 11.3. The number of benzene rings is 1. The Morgan fingerprint density at radius 1 is 1.15 bits per heavy atom. The van der Waals surface area contributed by atoms with Gasteiger partial charge in [0.15, 0.2) is 11.5 Å². The van der Waals surface area contributed by atoms with Crippen LogP contribution in [0.2, 0.25) is 0 Å². The minimum Gasteiger partial charge on any atom is -0.494 e. The van der Waals surface area contributed by atoms with Crippen LogP contribution in [0.15, 0.2) is 49.2 Å². The molecule has 11 heteroatoms. The van der Waals surface area contributed by atoms with Gasteiger partial charge in [0.05, 0.1) is 30.7 Å². The van der Waals surface area contributed by atoms with Gasteiger partial charge in [-0.25, -0.2) is 9.97 Å². The molecule has 3 aromatic heterocycles. The molecule has 5 rings (SSSR count). The molecule has 0 radical (unpaired) electrons. The molecule has 0 unspecified atom stereocenters. The molecule has 0 atom stereocenters. The molecule has 1 aromatic carbocycles. The van der Waals surface area contributed by atoms with E-state index in [1.807, 2.05) is 46.6 Å². The van der Waals surface area contributed by atoms with Gasteiger partial charge in [0.2, 0.25) is 13.8 Å². The highest BCUT2D eigenvalue weighted by atomic mass is 16.5. The first-order valence-corrected chi connectivity index (χ1v) is 11.6. The summed E-state index contributed by atoms with van der Waals surface area (Å²) in [4.78, 5) is 24.8. The second-order valence-corrected chi connectivity index (χ2v) is 8.48. The molecule has 1 fully saturated rings. The molecule has 4 aromatic rings. The molecule has 0 spiro atoms. The summed E-state index contributed by atoms with van der Waals surface area (Å²) in [6.07, 6.45) is 11.1. The topological polar surface area (TPSA) is 112 Å². The van der Waals surface area contributed by atoms with Crippen molar-refractivity contribution < 1.29 is 9.53 Å². The molecule has 1 aliphatic carbocycles. The average Bonchev–Trinajstić information content (AvgIpc) is 3.47. The number of hydrogen-bond acceptors (Lipinski definition) is 7. The van der Waals surface area contributed by atoms with Crippen LogP contribution in [0.1, 0.15) is 38.6 Å². The fraction of sp³-hybridized carbons (Fsp3) is 0.348. The lowest BCUT2D eigenvalue weighted by Gasteiger charge is -2.29. The summed E-state index contributed by atoms with van der Waals surface area (Å²) in [6.45, 7) is 2.59. The summed E-state index contributed by atoms with van der Waals surface area (Å²) < 4.78 is 9.45. The van der Waals surface area contributed by atoms with Crippen LogP contribution in [0.4, 0.5) is 16.4 Å². The van der Waals surface area contributed by atoms with Gasteiger partial charge in [-0.15, -0.1) is 0 Å². The molecule has 1 saturated carbocycles. The Kier molecular flexibility index (Phi) is 6.15. The van der Waals surface area contributed by atoms with Crippen molar-refractivity contribution in [3.8, 4) is 11.4 Å². The molecule has 10 nitrogen and oxygen atoms in total. The number of aromatic nitrogens is 6. The summed E-state index contributed by atoms with van der Waals surface area (Å²) in [5.41, 5.74) is 3.20. The van der Waals surface area contributed by atoms with E-state index in [1.165, 1.54) is 0 Å². The predicted octanol–water partition coefficient (Wildman–Crippen LogP) is 2.98. The number of nitrogens with zero attached hydrogens (tertiary/aromatic N) is 6. The molecule has 0 bridgehead atoms. The Morgan fingerprint density at radius 2 is 1.94 bits per heavy atom. The lowest BCUT2D eigenvalue weighted by molar-refractivity contribution is 0.243. The number of amides is 1. The first kappa shape index (κ1) is 21.9. The number of fused-ring (bicyclic) bond motifs is 1. The standard InChI is InChI=1S/C23H27BN8O2/c1-2-34-19-9-7-17(8-10-19)31-14-26-20-12-25-23(30-21(20)31)29-16-11-27-32(13-16)18-5-3-15(4-6-18)28-22(24)33/h7-15,18H,2-6,24H2,1H3,(H,28,33)(H,25,29,30). The normalized spacial score (nSPS) is 18.0. The largest absolute Gasteiger partial charge is 0.494 e. The van der Waals surface area contributed by atoms with Gasteiger partial charge in [0, 0.05) is 17.9 Å². The zero-order valence-corrected chi connectivity index (χ0v) is 19.3. The maximum atomic E-state index is 11.3. The highest BCUT2D eigenvalue weighted by molar-refractivity contribution is 6.57. The summed E-state index contributed by atoms with van der Waals surface area (Å²) >= 11 is 0. The Labute approximate surface area is 198 Å². The monoisotopic (exact) mass is 458 g/mol. The molecule has 0 saturated heterocycles. The number of anilines is 2. The van der Waals surface area contributed by atoms with E-state index < -0.39 is 0 Å². The van der Waals surface area contributed by atoms with Crippen LogP contribution in [0.5, 0.6) is 5.75 Å². The molecule has 34 heavy (non-hydrogen) atoms. The first-order chi connectivity index (χ1) is 16.6. The lowest BCUT2D eigenvalue weighted by Crippen LogP contribution is -2.37. The number of rotatable bonds is 7. The highest BCUT2D eigenvalue weighted by Gasteiger charge is 2.23. The van der Waals surface area contributed by atoms with Crippen LogP contribution in [0, 0.1) is 0 Å². The van der Waals surface area contributed by atoms with Gasteiger partial charge in [-0.2, -0.15) is 10.1 Å².